The average molecular weight is 494 g/mol. The van der Waals surface area contributed by atoms with Gasteiger partial charge in [0.05, 0.1) is 18.9 Å². The molecule has 0 aliphatic carbocycles. The van der Waals surface area contributed by atoms with E-state index in [0.29, 0.717) is 5.16 Å². The van der Waals surface area contributed by atoms with Gasteiger partial charge in [-0.2, -0.15) is 0 Å². The van der Waals surface area contributed by atoms with Crippen molar-refractivity contribution in [2.45, 2.75) is 58.2 Å². The molecule has 186 valence electrons. The summed E-state index contributed by atoms with van der Waals surface area (Å²) in [6.07, 6.45) is 3.70. The molecule has 0 spiro atoms. The van der Waals surface area contributed by atoms with Crippen LogP contribution in [0.3, 0.4) is 0 Å². The maximum Gasteiger partial charge on any atom is 0.234 e. The molecule has 0 unspecified atom stereocenters. The summed E-state index contributed by atoms with van der Waals surface area (Å²) in [6.45, 7) is 10.4. The number of nitrogens with zero attached hydrogens (tertiary/aromatic N) is 4. The lowest BCUT2D eigenvalue weighted by molar-refractivity contribution is -0.113. The molecule has 2 heterocycles. The zero-order chi connectivity index (χ0) is 24.9. The van der Waals surface area contributed by atoms with Crippen LogP contribution in [-0.4, -0.2) is 51.5 Å². The van der Waals surface area contributed by atoms with Crippen molar-refractivity contribution in [2.24, 2.45) is 0 Å². The van der Waals surface area contributed by atoms with E-state index in [1.807, 2.05) is 38.1 Å². The highest BCUT2D eigenvalue weighted by atomic mass is 32.2. The van der Waals surface area contributed by atoms with Gasteiger partial charge in [0.25, 0.3) is 0 Å². The second-order valence-corrected chi connectivity index (χ2v) is 10.2. The monoisotopic (exact) mass is 493 g/mol. The van der Waals surface area contributed by atoms with Gasteiger partial charge in [0.1, 0.15) is 5.75 Å². The number of amides is 1. The minimum atomic E-state index is -0.0556. The molecular formula is C27H35N5O2S. The predicted molar refractivity (Wildman–Crippen MR) is 142 cm³/mol. The maximum absolute atomic E-state index is 12.9. The molecule has 1 fully saturated rings. The molecule has 7 nitrogen and oxygen atoms in total. The van der Waals surface area contributed by atoms with E-state index in [0.717, 1.165) is 47.2 Å². The maximum atomic E-state index is 12.9. The third-order valence-corrected chi connectivity index (χ3v) is 7.50. The van der Waals surface area contributed by atoms with E-state index < -0.39 is 0 Å². The van der Waals surface area contributed by atoms with Crippen molar-refractivity contribution in [1.29, 1.82) is 0 Å². The molecule has 8 heteroatoms. The topological polar surface area (TPSA) is 72.3 Å². The Balaban J connectivity index is 1.57. The smallest absolute Gasteiger partial charge is 0.234 e. The number of hydrogen-bond acceptors (Lipinski definition) is 6. The standard InChI is InChI=1S/C27H35N5O2S/c1-18-15-19(2)25(20(3)16-18)28-24(33)17-35-27-30-29-26(21(4)31-13-7-6-8-14-31)32(27)22-9-11-23(34-5)12-10-22/h9-12,15-16,21H,6-8,13-14,17H2,1-5H3,(H,28,33)/t21-/m1/s1. The largest absolute Gasteiger partial charge is 0.497 e. The molecule has 1 aliphatic rings. The summed E-state index contributed by atoms with van der Waals surface area (Å²) in [5.74, 6) is 1.88. The third-order valence-electron chi connectivity index (χ3n) is 6.57. The van der Waals surface area contributed by atoms with Crippen LogP contribution in [0.25, 0.3) is 5.69 Å². The number of piperidine rings is 1. The Morgan fingerprint density at radius 1 is 1.06 bits per heavy atom. The van der Waals surface area contributed by atoms with Gasteiger partial charge < -0.3 is 10.1 Å². The van der Waals surface area contributed by atoms with Gasteiger partial charge in [0, 0.05) is 11.4 Å². The Morgan fingerprint density at radius 3 is 2.34 bits per heavy atom. The number of thioether (sulfide) groups is 1. The Morgan fingerprint density at radius 2 is 1.71 bits per heavy atom. The van der Waals surface area contributed by atoms with E-state index in [1.165, 1.54) is 36.6 Å². The van der Waals surface area contributed by atoms with Crippen molar-refractivity contribution in [3.05, 3.63) is 58.9 Å². The van der Waals surface area contributed by atoms with Crippen molar-refractivity contribution in [1.82, 2.24) is 19.7 Å². The third kappa shape index (κ3) is 5.87. The summed E-state index contributed by atoms with van der Waals surface area (Å²) >= 11 is 1.41. The molecule has 1 amide bonds. The highest BCUT2D eigenvalue weighted by Gasteiger charge is 2.26. The molecule has 35 heavy (non-hydrogen) atoms. The van der Waals surface area contributed by atoms with E-state index in [9.17, 15) is 4.79 Å². The summed E-state index contributed by atoms with van der Waals surface area (Å²) in [5, 5.41) is 12.9. The summed E-state index contributed by atoms with van der Waals surface area (Å²) in [7, 11) is 1.66. The molecule has 1 aromatic heterocycles. The van der Waals surface area contributed by atoms with Crippen LogP contribution < -0.4 is 10.1 Å². The second-order valence-electron chi connectivity index (χ2n) is 9.26. The molecule has 1 saturated heterocycles. The quantitative estimate of drug-likeness (QED) is 0.419. The zero-order valence-corrected chi connectivity index (χ0v) is 22.1. The lowest BCUT2D eigenvalue weighted by Crippen LogP contribution is -2.33. The zero-order valence-electron chi connectivity index (χ0n) is 21.3. The van der Waals surface area contributed by atoms with Gasteiger partial charge in [-0.1, -0.05) is 35.9 Å². The van der Waals surface area contributed by atoms with Crippen LogP contribution in [0.1, 0.15) is 54.7 Å². The van der Waals surface area contributed by atoms with Gasteiger partial charge in [-0.25, -0.2) is 0 Å². The molecule has 1 aliphatic heterocycles. The summed E-state index contributed by atoms with van der Waals surface area (Å²) in [6, 6.07) is 12.2. The second kappa shape index (κ2) is 11.3. The molecule has 0 radical (unpaired) electrons. The molecule has 0 bridgehead atoms. The summed E-state index contributed by atoms with van der Waals surface area (Å²) in [4.78, 5) is 15.4. The van der Waals surface area contributed by atoms with E-state index in [-0.39, 0.29) is 17.7 Å². The van der Waals surface area contributed by atoms with E-state index in [4.69, 9.17) is 4.74 Å². The van der Waals surface area contributed by atoms with Gasteiger partial charge in [-0.3, -0.25) is 14.3 Å². The number of aryl methyl sites for hydroxylation is 3. The van der Waals surface area contributed by atoms with Crippen molar-refractivity contribution >= 4 is 23.4 Å². The first-order chi connectivity index (χ1) is 16.9. The van der Waals surface area contributed by atoms with Gasteiger partial charge >= 0.3 is 0 Å². The fourth-order valence-corrected chi connectivity index (χ4v) is 5.53. The molecule has 1 atom stereocenters. The number of ether oxygens (including phenoxy) is 1. The van der Waals surface area contributed by atoms with Gasteiger partial charge in [0.2, 0.25) is 5.91 Å². The van der Waals surface area contributed by atoms with Crippen molar-refractivity contribution in [2.75, 3.05) is 31.3 Å². The number of anilines is 1. The predicted octanol–water partition coefficient (Wildman–Crippen LogP) is 5.48. The average Bonchev–Trinajstić information content (AvgIpc) is 3.29. The number of benzene rings is 2. The normalized spacial score (nSPS) is 15.1. The first-order valence-electron chi connectivity index (χ1n) is 12.2. The number of aromatic nitrogens is 3. The van der Waals surface area contributed by atoms with Crippen LogP contribution in [0.5, 0.6) is 5.75 Å². The number of carbonyl (C=O) groups is 1. The fourth-order valence-electron chi connectivity index (χ4n) is 4.77. The SMILES string of the molecule is COc1ccc(-n2c(SCC(=O)Nc3c(C)cc(C)cc3C)nnc2[C@@H](C)N2CCCCC2)cc1. The summed E-state index contributed by atoms with van der Waals surface area (Å²) < 4.78 is 7.43. The Bertz CT molecular complexity index is 1150. The Kier molecular flexibility index (Phi) is 8.13. The molecule has 0 saturated carbocycles. The van der Waals surface area contributed by atoms with Gasteiger partial charge in [0.15, 0.2) is 11.0 Å². The Labute approximate surface area is 212 Å². The molecule has 4 rings (SSSR count). The molecule has 3 aromatic rings. The van der Waals surface area contributed by atoms with E-state index in [2.05, 4.69) is 51.0 Å². The number of methoxy groups -OCH3 is 1. The minimum Gasteiger partial charge on any atom is -0.497 e. The number of carbonyl (C=O) groups excluding carboxylic acids is 1. The van der Waals surface area contributed by atoms with Crippen molar-refractivity contribution < 1.29 is 9.53 Å². The van der Waals surface area contributed by atoms with Crippen LogP contribution in [0.4, 0.5) is 5.69 Å². The van der Waals surface area contributed by atoms with E-state index >= 15 is 0 Å². The van der Waals surface area contributed by atoms with Gasteiger partial charge in [-0.15, -0.1) is 10.2 Å². The van der Waals surface area contributed by atoms with Crippen molar-refractivity contribution in [3.8, 4) is 11.4 Å². The minimum absolute atomic E-state index is 0.0556. The van der Waals surface area contributed by atoms with Crippen LogP contribution >= 0.6 is 11.8 Å². The Hall–Kier alpha value is -2.84. The van der Waals surface area contributed by atoms with Crippen LogP contribution in [0, 0.1) is 20.8 Å². The number of nitrogens with one attached hydrogen (secondary N) is 1. The highest BCUT2D eigenvalue weighted by Crippen LogP contribution is 2.30. The van der Waals surface area contributed by atoms with Crippen LogP contribution in [-0.2, 0) is 4.79 Å². The highest BCUT2D eigenvalue weighted by molar-refractivity contribution is 7.99. The lowest BCUT2D eigenvalue weighted by atomic mass is 10.1. The lowest BCUT2D eigenvalue weighted by Gasteiger charge is -2.31. The first kappa shape index (κ1) is 25.3. The number of rotatable bonds is 8. The fraction of sp³-hybridized carbons (Fsp3) is 0.444. The molecule has 2 aromatic carbocycles. The van der Waals surface area contributed by atoms with Gasteiger partial charge in [-0.05, 0) is 89.0 Å². The first-order valence-corrected chi connectivity index (χ1v) is 13.2. The molecular weight excluding hydrogens is 458 g/mol. The number of likely N-dealkylation sites (tertiary alicyclic amines) is 1. The van der Waals surface area contributed by atoms with E-state index in [1.54, 1.807) is 7.11 Å². The molecule has 1 N–H and O–H groups in total. The summed E-state index contributed by atoms with van der Waals surface area (Å²) in [5.41, 5.74) is 5.18. The van der Waals surface area contributed by atoms with Crippen molar-refractivity contribution in [3.63, 3.8) is 0 Å². The number of hydrogen-bond donors (Lipinski definition) is 1. The van der Waals surface area contributed by atoms with Crippen LogP contribution in [0.2, 0.25) is 0 Å². The van der Waals surface area contributed by atoms with Crippen LogP contribution in [0.15, 0.2) is 41.6 Å².